The normalized spacial score (nSPS) is 19.4. The lowest BCUT2D eigenvalue weighted by Gasteiger charge is -2.31. The van der Waals surface area contributed by atoms with E-state index in [4.69, 9.17) is 4.74 Å². The van der Waals surface area contributed by atoms with E-state index in [1.54, 1.807) is 41.9 Å². The Morgan fingerprint density at radius 2 is 2.00 bits per heavy atom. The Balaban J connectivity index is 1.81. The molecule has 122 valence electrons. The van der Waals surface area contributed by atoms with E-state index in [1.807, 2.05) is 6.07 Å². The van der Waals surface area contributed by atoms with Crippen LogP contribution in [0.25, 0.3) is 0 Å². The van der Waals surface area contributed by atoms with Gasteiger partial charge in [0.25, 0.3) is 0 Å². The average Bonchev–Trinajstić information content (AvgIpc) is 2.62. The zero-order valence-corrected chi connectivity index (χ0v) is 13.7. The predicted octanol–water partition coefficient (Wildman–Crippen LogP) is 2.05. The lowest BCUT2D eigenvalue weighted by molar-refractivity contribution is 0.312. The minimum atomic E-state index is -3.49. The number of aromatic nitrogens is 2. The largest absolute Gasteiger partial charge is 0.497 e. The summed E-state index contributed by atoms with van der Waals surface area (Å²) in [5.74, 6) is 0.751. The number of methoxy groups -OCH3 is 1. The van der Waals surface area contributed by atoms with E-state index in [1.165, 1.54) is 6.33 Å². The number of hydrogen-bond donors (Lipinski definition) is 0. The molecule has 0 N–H and O–H groups in total. The second-order valence-electron chi connectivity index (χ2n) is 5.51. The van der Waals surface area contributed by atoms with Crippen molar-refractivity contribution in [3.63, 3.8) is 0 Å². The van der Waals surface area contributed by atoms with E-state index in [2.05, 4.69) is 9.97 Å². The summed E-state index contributed by atoms with van der Waals surface area (Å²) in [6, 6.07) is 8.36. The summed E-state index contributed by atoms with van der Waals surface area (Å²) in [5.41, 5.74) is 0.898. The van der Waals surface area contributed by atoms with Crippen LogP contribution >= 0.6 is 0 Å². The molecule has 7 heteroatoms. The molecule has 2 aromatic rings. The van der Waals surface area contributed by atoms with Crippen molar-refractivity contribution in [3.05, 3.63) is 48.5 Å². The first-order chi connectivity index (χ1) is 11.1. The van der Waals surface area contributed by atoms with Crippen molar-refractivity contribution >= 4 is 10.0 Å². The van der Waals surface area contributed by atoms with Gasteiger partial charge in [-0.15, -0.1) is 0 Å². The van der Waals surface area contributed by atoms with Gasteiger partial charge in [0.1, 0.15) is 12.1 Å². The molecule has 3 rings (SSSR count). The molecule has 23 heavy (non-hydrogen) atoms. The Morgan fingerprint density at radius 3 is 2.65 bits per heavy atom. The fourth-order valence-electron chi connectivity index (χ4n) is 2.84. The summed E-state index contributed by atoms with van der Waals surface area (Å²) in [6.07, 6.45) is 4.96. The molecule has 0 spiro atoms. The highest BCUT2D eigenvalue weighted by Gasteiger charge is 2.31. The highest BCUT2D eigenvalue weighted by Crippen LogP contribution is 2.29. The van der Waals surface area contributed by atoms with Crippen LogP contribution in [0, 0.1) is 0 Å². The predicted molar refractivity (Wildman–Crippen MR) is 85.8 cm³/mol. The van der Waals surface area contributed by atoms with E-state index in [-0.39, 0.29) is 5.92 Å². The van der Waals surface area contributed by atoms with Gasteiger partial charge < -0.3 is 4.74 Å². The van der Waals surface area contributed by atoms with Gasteiger partial charge in [0.2, 0.25) is 10.0 Å². The monoisotopic (exact) mass is 333 g/mol. The van der Waals surface area contributed by atoms with Crippen LogP contribution in [-0.2, 0) is 10.0 Å². The molecular formula is C16H19N3O3S. The first-order valence-corrected chi connectivity index (χ1v) is 8.95. The number of sulfonamides is 1. The van der Waals surface area contributed by atoms with Gasteiger partial charge >= 0.3 is 0 Å². The third-order valence-corrected chi connectivity index (χ3v) is 5.98. The maximum absolute atomic E-state index is 12.8. The molecule has 2 heterocycles. The summed E-state index contributed by atoms with van der Waals surface area (Å²) >= 11 is 0. The van der Waals surface area contributed by atoms with E-state index >= 15 is 0 Å². The number of benzene rings is 1. The molecule has 1 saturated heterocycles. The van der Waals surface area contributed by atoms with Crippen LogP contribution < -0.4 is 4.74 Å². The van der Waals surface area contributed by atoms with E-state index in [9.17, 15) is 8.42 Å². The first-order valence-electron chi connectivity index (χ1n) is 7.51. The van der Waals surface area contributed by atoms with Gasteiger partial charge in [0.05, 0.1) is 12.0 Å². The maximum Gasteiger partial charge on any atom is 0.243 e. The van der Waals surface area contributed by atoms with Crippen LogP contribution in [-0.4, -0.2) is 42.9 Å². The molecule has 0 saturated carbocycles. The lowest BCUT2D eigenvalue weighted by Crippen LogP contribution is -2.39. The van der Waals surface area contributed by atoms with Crippen molar-refractivity contribution in [2.24, 2.45) is 0 Å². The minimum absolute atomic E-state index is 0.111. The Kier molecular flexibility index (Phi) is 4.58. The van der Waals surface area contributed by atoms with Gasteiger partial charge in [-0.25, -0.2) is 18.4 Å². The summed E-state index contributed by atoms with van der Waals surface area (Å²) in [7, 11) is -1.94. The van der Waals surface area contributed by atoms with Crippen molar-refractivity contribution in [2.45, 2.75) is 23.7 Å². The number of piperidine rings is 1. The van der Waals surface area contributed by atoms with E-state index < -0.39 is 10.0 Å². The van der Waals surface area contributed by atoms with Crippen LogP contribution in [0.15, 0.2) is 47.8 Å². The van der Waals surface area contributed by atoms with Crippen molar-refractivity contribution in [1.29, 1.82) is 0 Å². The van der Waals surface area contributed by atoms with Crippen molar-refractivity contribution < 1.29 is 13.2 Å². The van der Waals surface area contributed by atoms with Gasteiger partial charge in [-0.3, -0.25) is 0 Å². The molecule has 1 fully saturated rings. The molecule has 0 amide bonds. The molecule has 0 bridgehead atoms. The van der Waals surface area contributed by atoms with Crippen LogP contribution in [0.1, 0.15) is 24.5 Å². The van der Waals surface area contributed by atoms with Gasteiger partial charge in [-0.1, -0.05) is 0 Å². The van der Waals surface area contributed by atoms with Crippen molar-refractivity contribution in [1.82, 2.24) is 14.3 Å². The molecule has 1 atom stereocenters. The van der Waals surface area contributed by atoms with E-state index in [0.29, 0.717) is 23.7 Å². The highest BCUT2D eigenvalue weighted by molar-refractivity contribution is 7.89. The Hall–Kier alpha value is -1.99. The maximum atomic E-state index is 12.8. The summed E-state index contributed by atoms with van der Waals surface area (Å²) < 4.78 is 32.3. The second-order valence-corrected chi connectivity index (χ2v) is 7.45. The quantitative estimate of drug-likeness (QED) is 0.856. The topological polar surface area (TPSA) is 72.4 Å². The number of ether oxygens (including phenoxy) is 1. The third kappa shape index (κ3) is 3.35. The standard InChI is InChI=1S/C16H19N3O3S/c1-22-14-4-6-15(7-5-14)23(20,21)19-10-2-3-13(11-19)16-8-9-17-12-18-16/h4-9,12-13H,2-3,10-11H2,1H3. The van der Waals surface area contributed by atoms with Gasteiger partial charge in [0, 0.05) is 30.9 Å². The Morgan fingerprint density at radius 1 is 1.22 bits per heavy atom. The third-order valence-electron chi connectivity index (χ3n) is 4.10. The zero-order chi connectivity index (χ0) is 16.3. The Labute approximate surface area is 136 Å². The number of rotatable bonds is 4. The van der Waals surface area contributed by atoms with Gasteiger partial charge in [-0.2, -0.15) is 4.31 Å². The molecule has 1 aliphatic heterocycles. The average molecular weight is 333 g/mol. The Bertz CT molecular complexity index is 748. The number of hydrogen-bond acceptors (Lipinski definition) is 5. The van der Waals surface area contributed by atoms with Crippen molar-refractivity contribution in [2.75, 3.05) is 20.2 Å². The first kappa shape index (κ1) is 15.9. The number of nitrogens with zero attached hydrogens (tertiary/aromatic N) is 3. The summed E-state index contributed by atoms with van der Waals surface area (Å²) in [5, 5.41) is 0. The molecular weight excluding hydrogens is 314 g/mol. The SMILES string of the molecule is COc1ccc(S(=O)(=O)N2CCCC(c3ccncn3)C2)cc1. The molecule has 1 unspecified atom stereocenters. The van der Waals surface area contributed by atoms with Crippen LogP contribution in [0.2, 0.25) is 0 Å². The molecule has 1 aromatic heterocycles. The lowest BCUT2D eigenvalue weighted by atomic mass is 9.96. The smallest absolute Gasteiger partial charge is 0.243 e. The van der Waals surface area contributed by atoms with E-state index in [0.717, 1.165) is 18.5 Å². The second kappa shape index (κ2) is 6.64. The summed E-state index contributed by atoms with van der Waals surface area (Å²) in [4.78, 5) is 8.48. The van der Waals surface area contributed by atoms with Crippen LogP contribution in [0.4, 0.5) is 0 Å². The molecule has 1 aromatic carbocycles. The van der Waals surface area contributed by atoms with Crippen molar-refractivity contribution in [3.8, 4) is 5.75 Å². The van der Waals surface area contributed by atoms with Gasteiger partial charge in [0.15, 0.2) is 0 Å². The van der Waals surface area contributed by atoms with Gasteiger partial charge in [-0.05, 0) is 43.2 Å². The fourth-order valence-corrected chi connectivity index (χ4v) is 4.37. The molecule has 0 radical (unpaired) electrons. The highest BCUT2D eigenvalue weighted by atomic mass is 32.2. The molecule has 1 aliphatic rings. The summed E-state index contributed by atoms with van der Waals surface area (Å²) in [6.45, 7) is 0.987. The zero-order valence-electron chi connectivity index (χ0n) is 12.9. The van der Waals surface area contributed by atoms with Crippen LogP contribution in [0.3, 0.4) is 0 Å². The fraction of sp³-hybridized carbons (Fsp3) is 0.375. The molecule has 0 aliphatic carbocycles. The van der Waals surface area contributed by atoms with Crippen LogP contribution in [0.5, 0.6) is 5.75 Å². The molecule has 6 nitrogen and oxygen atoms in total. The minimum Gasteiger partial charge on any atom is -0.497 e.